The average molecular weight is 1120 g/mol. The van der Waals surface area contributed by atoms with Crippen LogP contribution in [-0.2, 0) is 43.3 Å². The third-order valence-corrected chi connectivity index (χ3v) is 20.6. The number of benzene rings is 8. The number of rotatable bonds is 5. The minimum Gasteiger partial charge on any atom is -0.454 e. The normalized spacial score (nSPS) is 17.4. The van der Waals surface area contributed by atoms with Crippen molar-refractivity contribution >= 4 is 96.2 Å². The molecule has 13 rings (SSSR count). The van der Waals surface area contributed by atoms with Gasteiger partial charge >= 0.3 is 0 Å². The third-order valence-electron chi connectivity index (χ3n) is 20.6. The molecule has 4 aliphatic rings. The van der Waals surface area contributed by atoms with Crippen molar-refractivity contribution in [3.05, 3.63) is 190 Å². The molecule has 4 nitrogen and oxygen atoms in total. The van der Waals surface area contributed by atoms with E-state index in [4.69, 9.17) is 4.42 Å². The van der Waals surface area contributed by atoms with Gasteiger partial charge in [-0.25, -0.2) is 0 Å². The van der Waals surface area contributed by atoms with Gasteiger partial charge < -0.3 is 19.1 Å². The van der Waals surface area contributed by atoms with Crippen molar-refractivity contribution in [3.63, 3.8) is 0 Å². The van der Waals surface area contributed by atoms with Crippen LogP contribution in [0.15, 0.2) is 144 Å². The molecule has 0 bridgehead atoms. The molecule has 0 saturated heterocycles. The van der Waals surface area contributed by atoms with Crippen LogP contribution in [0.5, 0.6) is 0 Å². The monoisotopic (exact) mass is 1120 g/mol. The quantitative estimate of drug-likeness (QED) is 0.160. The Bertz CT molecular complexity index is 4150. The maximum atomic E-state index is 7.37. The van der Waals surface area contributed by atoms with Gasteiger partial charge in [0.15, 0.2) is 5.58 Å². The van der Waals surface area contributed by atoms with Crippen LogP contribution in [0, 0.1) is 6.92 Å². The van der Waals surface area contributed by atoms with E-state index in [0.717, 1.165) is 57.8 Å². The van der Waals surface area contributed by atoms with Crippen LogP contribution in [-0.4, -0.2) is 6.71 Å². The molecule has 3 heterocycles. The molecule has 0 amide bonds. The van der Waals surface area contributed by atoms with Crippen molar-refractivity contribution in [1.82, 2.24) is 0 Å². The van der Waals surface area contributed by atoms with Crippen LogP contribution in [0.2, 0.25) is 0 Å². The average Bonchev–Trinajstić information content (AvgIpc) is 1.52. The smallest absolute Gasteiger partial charge is 0.252 e. The van der Waals surface area contributed by atoms with E-state index in [9.17, 15) is 0 Å². The van der Waals surface area contributed by atoms with E-state index in [1.54, 1.807) is 0 Å². The Morgan fingerprint density at radius 2 is 0.906 bits per heavy atom. The molecule has 5 heteroatoms. The summed E-state index contributed by atoms with van der Waals surface area (Å²) in [6.45, 7) is 50.2. The van der Waals surface area contributed by atoms with Crippen molar-refractivity contribution < 1.29 is 4.42 Å². The molecule has 0 fully saturated rings. The molecule has 8 aromatic carbocycles. The van der Waals surface area contributed by atoms with Gasteiger partial charge in [-0.3, -0.25) is 0 Å². The van der Waals surface area contributed by atoms with Gasteiger partial charge in [0, 0.05) is 56.3 Å². The summed E-state index contributed by atoms with van der Waals surface area (Å²) >= 11 is 0. The Kier molecular flexibility index (Phi) is 12.4. The molecule has 2 aliphatic heterocycles. The zero-order chi connectivity index (χ0) is 60.8. The highest BCUT2D eigenvalue weighted by Gasteiger charge is 2.50. The van der Waals surface area contributed by atoms with E-state index >= 15 is 0 Å². The number of fused-ring (bicyclic) bond motifs is 9. The molecular weight excluding hydrogens is 1030 g/mol. The molecule has 2 aliphatic carbocycles. The number of hydrogen-bond donors (Lipinski definition) is 0. The predicted molar refractivity (Wildman–Crippen MR) is 368 cm³/mol. The Labute approximate surface area is 510 Å². The SMILES string of the molecule is Cc1cc2c(cc1N1c3cc4c(cc3B3c5ccc(N(c6ccc(C(C)(C)C)cc6)c6ccc(C(C)(C)C)cc6)cc5N(c5ccc(C(C)(C)C)c6c5oc5ccccc56)c5cc(C(C)(C)C)cc1c53)C(C)(C)CC4(C)C)C(C)(C)CCC2(C)C. The first-order chi connectivity index (χ1) is 39.5. The summed E-state index contributed by atoms with van der Waals surface area (Å²) in [5, 5.41) is 2.33. The Hall–Kier alpha value is -6.98. The van der Waals surface area contributed by atoms with Gasteiger partial charge in [-0.1, -0.05) is 205 Å². The van der Waals surface area contributed by atoms with Gasteiger partial charge in [0.1, 0.15) is 5.58 Å². The van der Waals surface area contributed by atoms with Crippen molar-refractivity contribution in [2.24, 2.45) is 0 Å². The highest BCUT2D eigenvalue weighted by molar-refractivity contribution is 7.00. The summed E-state index contributed by atoms with van der Waals surface area (Å²) in [7, 11) is 0. The first kappa shape index (κ1) is 57.1. The topological polar surface area (TPSA) is 22.9 Å². The fraction of sp³-hybridized carbons (Fsp3) is 0.400. The number of furan rings is 1. The highest BCUT2D eigenvalue weighted by atomic mass is 16.3. The summed E-state index contributed by atoms with van der Waals surface area (Å²) < 4.78 is 7.37. The third kappa shape index (κ3) is 9.04. The molecule has 85 heavy (non-hydrogen) atoms. The Morgan fingerprint density at radius 1 is 0.424 bits per heavy atom. The van der Waals surface area contributed by atoms with E-state index in [1.807, 2.05) is 0 Å². The number of anilines is 9. The second kappa shape index (κ2) is 18.5. The summed E-state index contributed by atoms with van der Waals surface area (Å²) in [6, 6.07) is 55.3. The number of nitrogens with zero attached hydrogens (tertiary/aromatic N) is 3. The maximum absolute atomic E-state index is 7.37. The van der Waals surface area contributed by atoms with E-state index in [1.165, 1.54) is 101 Å². The highest BCUT2D eigenvalue weighted by Crippen LogP contribution is 2.56. The van der Waals surface area contributed by atoms with Gasteiger partial charge in [-0.2, -0.15) is 0 Å². The van der Waals surface area contributed by atoms with Crippen LogP contribution in [0.1, 0.15) is 208 Å². The van der Waals surface area contributed by atoms with Crippen molar-refractivity contribution in [1.29, 1.82) is 0 Å². The lowest BCUT2D eigenvalue weighted by Gasteiger charge is -2.47. The Balaban J connectivity index is 1.17. The lowest BCUT2D eigenvalue weighted by molar-refractivity contribution is 0.332. The minimum atomic E-state index is -0.207. The zero-order valence-electron chi connectivity index (χ0n) is 55.2. The summed E-state index contributed by atoms with van der Waals surface area (Å²) in [5.41, 5.74) is 28.6. The molecule has 9 aromatic rings. The van der Waals surface area contributed by atoms with Crippen LogP contribution < -0.4 is 31.1 Å². The number of hydrogen-bond acceptors (Lipinski definition) is 4. The predicted octanol–water partition coefficient (Wildman–Crippen LogP) is 20.9. The second-order valence-electron chi connectivity index (χ2n) is 33.0. The molecule has 0 atom stereocenters. The van der Waals surface area contributed by atoms with Crippen molar-refractivity contribution in [3.8, 4) is 0 Å². The second-order valence-corrected chi connectivity index (χ2v) is 33.0. The van der Waals surface area contributed by atoms with Gasteiger partial charge in [0.2, 0.25) is 0 Å². The summed E-state index contributed by atoms with van der Waals surface area (Å²) in [5.74, 6) is 0. The van der Waals surface area contributed by atoms with E-state index in [2.05, 4.69) is 300 Å². The lowest BCUT2D eigenvalue weighted by atomic mass is 9.33. The molecule has 0 unspecified atom stereocenters. The first-order valence-electron chi connectivity index (χ1n) is 31.8. The summed E-state index contributed by atoms with van der Waals surface area (Å²) in [4.78, 5) is 7.87. The van der Waals surface area contributed by atoms with Gasteiger partial charge in [0.25, 0.3) is 6.71 Å². The molecule has 436 valence electrons. The van der Waals surface area contributed by atoms with Crippen molar-refractivity contribution in [2.75, 3.05) is 14.7 Å². The fourth-order valence-corrected chi connectivity index (χ4v) is 15.8. The standard InChI is InChI=1S/C80H92BN3O/c1-48-40-57-59(78(16,17)39-38-77(57,14)15)45-64(48)84-66-46-60-58(79(18,19)47-80(60,20)21)44-62(66)81-61-36-34-54(82(52-30-26-49(27-31-52)73(2,3)4)53-32-28-50(29-33-53)74(5,6)7)43-65(61)83(67-41-51(75(8,9)10)42-68(84)71(67)81)63-37-35-56(76(11,12)13)70-55-24-22-23-25-69(55)85-72(63)70/h22-37,40-46H,38-39,47H2,1-21H3. The molecule has 0 N–H and O–H groups in total. The van der Waals surface area contributed by atoms with Crippen LogP contribution in [0.4, 0.5) is 51.2 Å². The van der Waals surface area contributed by atoms with Gasteiger partial charge in [-0.05, 0) is 209 Å². The largest absolute Gasteiger partial charge is 0.454 e. The molecular formula is C80H92BN3O. The number of aryl methyl sites for hydroxylation is 1. The number of para-hydroxylation sites is 1. The van der Waals surface area contributed by atoms with Crippen LogP contribution in [0.25, 0.3) is 21.9 Å². The molecule has 0 radical (unpaired) electrons. The summed E-state index contributed by atoms with van der Waals surface area (Å²) in [6.07, 6.45) is 3.42. The Morgan fingerprint density at radius 3 is 1.46 bits per heavy atom. The lowest BCUT2D eigenvalue weighted by Crippen LogP contribution is -2.61. The minimum absolute atomic E-state index is 0.00970. The molecule has 0 saturated carbocycles. The van der Waals surface area contributed by atoms with Gasteiger partial charge in [-0.15, -0.1) is 0 Å². The zero-order valence-corrected chi connectivity index (χ0v) is 55.2. The fourth-order valence-electron chi connectivity index (χ4n) is 15.8. The molecule has 0 spiro atoms. The van der Waals surface area contributed by atoms with E-state index < -0.39 is 0 Å². The molecule has 1 aromatic heterocycles. The van der Waals surface area contributed by atoms with E-state index in [0.29, 0.717) is 0 Å². The van der Waals surface area contributed by atoms with E-state index in [-0.39, 0.29) is 50.0 Å². The first-order valence-corrected chi connectivity index (χ1v) is 31.8. The van der Waals surface area contributed by atoms with Gasteiger partial charge in [0.05, 0.1) is 5.69 Å². The maximum Gasteiger partial charge on any atom is 0.252 e. The van der Waals surface area contributed by atoms with Crippen LogP contribution in [0.3, 0.4) is 0 Å². The van der Waals surface area contributed by atoms with Crippen molar-refractivity contribution in [2.45, 2.75) is 208 Å². The van der Waals surface area contributed by atoms with Crippen LogP contribution >= 0.6 is 0 Å².